The smallest absolute Gasteiger partial charge is 0.126 e. The molecule has 4 aromatic carbocycles. The highest BCUT2D eigenvalue weighted by atomic mass is 31.1. The molecule has 4 aromatic rings. The van der Waals surface area contributed by atoms with Crippen LogP contribution in [0.15, 0.2) is 102 Å². The van der Waals surface area contributed by atoms with Crippen molar-refractivity contribution >= 4 is 25.8 Å². The van der Waals surface area contributed by atoms with E-state index < -0.39 is 0 Å². The minimum atomic E-state index is -0.0144. The van der Waals surface area contributed by atoms with Gasteiger partial charge in [-0.3, -0.25) is 4.99 Å². The Kier molecular flexibility index (Phi) is 8.73. The second-order valence-electron chi connectivity index (χ2n) is 9.27. The molecule has 0 spiro atoms. The summed E-state index contributed by atoms with van der Waals surface area (Å²) in [5, 5.41) is 1.37. The Bertz CT molecular complexity index is 1290. The van der Waals surface area contributed by atoms with Crippen molar-refractivity contribution in [2.75, 3.05) is 0 Å². The highest BCUT2D eigenvalue weighted by Gasteiger charge is 2.33. The lowest BCUT2D eigenvalue weighted by Crippen LogP contribution is -2.25. The molecule has 0 heterocycles. The summed E-state index contributed by atoms with van der Waals surface area (Å²) in [7, 11) is 0.601. The van der Waals surface area contributed by atoms with Gasteiger partial charge in [0.25, 0.3) is 0 Å². The van der Waals surface area contributed by atoms with E-state index in [1.54, 1.807) is 0 Å². The molecular formula is C33H36NOP. The first kappa shape index (κ1) is 25.9. The largest absolute Gasteiger partial charge is 0.488 e. The Balaban J connectivity index is 1.72. The predicted octanol–water partition coefficient (Wildman–Crippen LogP) is 8.65. The van der Waals surface area contributed by atoms with E-state index in [2.05, 4.69) is 88.4 Å². The molecule has 2 nitrogen and oxygen atoms in total. The topological polar surface area (TPSA) is 21.6 Å². The van der Waals surface area contributed by atoms with Crippen LogP contribution < -0.4 is 10.0 Å². The van der Waals surface area contributed by atoms with Crippen molar-refractivity contribution in [1.29, 1.82) is 0 Å². The first-order chi connectivity index (χ1) is 17.6. The fourth-order valence-corrected chi connectivity index (χ4v) is 6.43. The number of nitrogens with zero attached hydrogens (tertiary/aromatic N) is 1. The van der Waals surface area contributed by atoms with Gasteiger partial charge in [-0.1, -0.05) is 107 Å². The van der Waals surface area contributed by atoms with E-state index in [0.717, 1.165) is 24.3 Å². The van der Waals surface area contributed by atoms with E-state index in [1.807, 2.05) is 42.6 Å². The van der Waals surface area contributed by atoms with Gasteiger partial charge in [-0.2, -0.15) is 0 Å². The molecule has 36 heavy (non-hydrogen) atoms. The van der Waals surface area contributed by atoms with Crippen molar-refractivity contribution in [2.24, 2.45) is 4.99 Å². The van der Waals surface area contributed by atoms with Crippen LogP contribution in [0.1, 0.15) is 54.5 Å². The average Bonchev–Trinajstić information content (AvgIpc) is 2.92. The molecule has 0 bridgehead atoms. The van der Waals surface area contributed by atoms with Gasteiger partial charge in [0.1, 0.15) is 12.4 Å². The molecule has 0 aliphatic rings. The van der Waals surface area contributed by atoms with Gasteiger partial charge in [0.15, 0.2) is 0 Å². The third-order valence-electron chi connectivity index (χ3n) is 6.94. The number of hydrogen-bond donors (Lipinski definition) is 0. The standard InChI is InChI=1S/C33H36NOP/c1-5-33(6-2,30-22-14-15-25(3)31(30)35-24-27-17-9-7-10-18-27)36-32-26(4)16-13-19-28(32)23-34-29-20-11-8-12-21-29/h7-23,36H,5-6,24H2,1-4H3. The fraction of sp³-hybridized carbons (Fsp3) is 0.242. The summed E-state index contributed by atoms with van der Waals surface area (Å²) in [6.45, 7) is 9.59. The molecule has 1 atom stereocenters. The monoisotopic (exact) mass is 493 g/mol. The zero-order chi connectivity index (χ0) is 25.4. The van der Waals surface area contributed by atoms with Crippen molar-refractivity contribution in [3.8, 4) is 5.75 Å². The molecule has 0 aliphatic carbocycles. The number of aliphatic imine (C=N–C) groups is 1. The summed E-state index contributed by atoms with van der Waals surface area (Å²) in [6, 6.07) is 33.8. The third kappa shape index (κ3) is 5.94. The van der Waals surface area contributed by atoms with Crippen LogP contribution in [0.25, 0.3) is 0 Å². The lowest BCUT2D eigenvalue weighted by Gasteiger charge is -2.35. The lowest BCUT2D eigenvalue weighted by molar-refractivity contribution is 0.296. The number of benzene rings is 4. The Morgan fingerprint density at radius 2 is 1.39 bits per heavy atom. The molecule has 0 saturated heterocycles. The van der Waals surface area contributed by atoms with Crippen molar-refractivity contribution in [3.63, 3.8) is 0 Å². The zero-order valence-corrected chi connectivity index (χ0v) is 22.8. The second-order valence-corrected chi connectivity index (χ2v) is 11.0. The van der Waals surface area contributed by atoms with E-state index in [9.17, 15) is 0 Å². The Morgan fingerprint density at radius 1 is 0.750 bits per heavy atom. The van der Waals surface area contributed by atoms with Gasteiger partial charge in [-0.05, 0) is 60.8 Å². The van der Waals surface area contributed by atoms with E-state index in [0.29, 0.717) is 15.2 Å². The van der Waals surface area contributed by atoms with Crippen LogP contribution >= 0.6 is 8.58 Å². The summed E-state index contributed by atoms with van der Waals surface area (Å²) in [4.78, 5) is 4.78. The first-order valence-corrected chi connectivity index (χ1v) is 13.8. The summed E-state index contributed by atoms with van der Waals surface area (Å²) in [6.07, 6.45) is 4.11. The third-order valence-corrected chi connectivity index (χ3v) is 9.33. The molecule has 3 heteroatoms. The maximum absolute atomic E-state index is 6.55. The van der Waals surface area contributed by atoms with Crippen LogP contribution in [0.4, 0.5) is 5.69 Å². The van der Waals surface area contributed by atoms with Crippen LogP contribution in [0.5, 0.6) is 5.75 Å². The number of aryl methyl sites for hydroxylation is 2. The normalized spacial score (nSPS) is 12.0. The molecule has 0 fully saturated rings. The molecule has 0 aromatic heterocycles. The summed E-state index contributed by atoms with van der Waals surface area (Å²) in [5.74, 6) is 1.03. The van der Waals surface area contributed by atoms with Crippen molar-refractivity contribution in [1.82, 2.24) is 0 Å². The highest BCUT2D eigenvalue weighted by Crippen LogP contribution is 2.51. The maximum atomic E-state index is 6.55. The Labute approximate surface area is 218 Å². The molecular weight excluding hydrogens is 457 g/mol. The van der Waals surface area contributed by atoms with Crippen molar-refractivity contribution in [3.05, 3.63) is 125 Å². The Morgan fingerprint density at radius 3 is 2.08 bits per heavy atom. The van der Waals surface area contributed by atoms with Crippen molar-refractivity contribution in [2.45, 2.75) is 52.3 Å². The van der Waals surface area contributed by atoms with Crippen molar-refractivity contribution < 1.29 is 4.74 Å². The molecule has 0 N–H and O–H groups in total. The molecule has 0 saturated carbocycles. The number of para-hydroxylation sites is 2. The van der Waals surface area contributed by atoms with Crippen LogP contribution in [0.3, 0.4) is 0 Å². The average molecular weight is 494 g/mol. The van der Waals surface area contributed by atoms with Gasteiger partial charge in [-0.15, -0.1) is 0 Å². The maximum Gasteiger partial charge on any atom is 0.126 e. The van der Waals surface area contributed by atoms with E-state index in [-0.39, 0.29) is 5.16 Å². The summed E-state index contributed by atoms with van der Waals surface area (Å²) < 4.78 is 6.55. The van der Waals surface area contributed by atoms with Gasteiger partial charge in [0.05, 0.1) is 5.69 Å². The Hall–Kier alpha value is -3.22. The number of rotatable bonds is 10. The molecule has 0 amide bonds. The van der Waals surface area contributed by atoms with Crippen LogP contribution in [-0.4, -0.2) is 6.21 Å². The van der Waals surface area contributed by atoms with Gasteiger partial charge >= 0.3 is 0 Å². The van der Waals surface area contributed by atoms with E-state index in [1.165, 1.54) is 33.1 Å². The van der Waals surface area contributed by atoms with Crippen LogP contribution in [0, 0.1) is 13.8 Å². The summed E-state index contributed by atoms with van der Waals surface area (Å²) in [5.41, 5.74) is 7.18. The highest BCUT2D eigenvalue weighted by molar-refractivity contribution is 7.49. The molecule has 0 aliphatic heterocycles. The van der Waals surface area contributed by atoms with Gasteiger partial charge < -0.3 is 4.74 Å². The molecule has 184 valence electrons. The SMILES string of the molecule is CCC(CC)(Pc1c(C)cccc1C=Nc1ccccc1)c1cccc(C)c1OCc1ccccc1. The van der Waals surface area contributed by atoms with E-state index >= 15 is 0 Å². The van der Waals surface area contributed by atoms with Crippen LogP contribution in [-0.2, 0) is 11.8 Å². The van der Waals surface area contributed by atoms with E-state index in [4.69, 9.17) is 9.73 Å². The first-order valence-electron chi connectivity index (χ1n) is 12.8. The van der Waals surface area contributed by atoms with Crippen LogP contribution in [0.2, 0.25) is 0 Å². The zero-order valence-electron chi connectivity index (χ0n) is 21.8. The molecule has 1 unspecified atom stereocenters. The molecule has 4 rings (SSSR count). The van der Waals surface area contributed by atoms with Gasteiger partial charge in [0.2, 0.25) is 0 Å². The minimum absolute atomic E-state index is 0.0144. The second kappa shape index (κ2) is 12.2. The number of hydrogen-bond acceptors (Lipinski definition) is 2. The lowest BCUT2D eigenvalue weighted by atomic mass is 9.90. The summed E-state index contributed by atoms with van der Waals surface area (Å²) >= 11 is 0. The number of ether oxygens (including phenoxy) is 1. The quantitative estimate of drug-likeness (QED) is 0.160. The predicted molar refractivity (Wildman–Crippen MR) is 157 cm³/mol. The minimum Gasteiger partial charge on any atom is -0.488 e. The fourth-order valence-electron chi connectivity index (χ4n) is 4.69. The van der Waals surface area contributed by atoms with Gasteiger partial charge in [-0.25, -0.2) is 0 Å². The molecule has 0 radical (unpaired) electrons. The van der Waals surface area contributed by atoms with Gasteiger partial charge in [0, 0.05) is 22.5 Å².